The van der Waals surface area contributed by atoms with E-state index in [1.807, 2.05) is 50.4 Å². The second kappa shape index (κ2) is 5.19. The lowest BCUT2D eigenvalue weighted by molar-refractivity contribution is 0.750. The number of rotatable bonds is 2. The normalized spacial score (nSPS) is 11.4. The fraction of sp³-hybridized carbons (Fsp3) is 0.167. The van der Waals surface area contributed by atoms with Crippen molar-refractivity contribution < 1.29 is 0 Å². The first kappa shape index (κ1) is 14.4. The van der Waals surface area contributed by atoms with E-state index >= 15 is 0 Å². The van der Waals surface area contributed by atoms with Crippen molar-refractivity contribution in [2.24, 2.45) is 0 Å². The molecule has 0 saturated carbocycles. The molecule has 0 radical (unpaired) electrons. The standard InChI is InChI=1S/C18H17N5O/c1-3-23-16-13(10(2)21-18(19)22-16)9-14(17(23)24)12-5-4-11-6-7-20-15(11)8-12/h4-9,20H,3H2,1-2H3,(H2,19,21,22). The fourth-order valence-corrected chi connectivity index (χ4v) is 3.13. The van der Waals surface area contributed by atoms with Gasteiger partial charge in [-0.2, -0.15) is 4.98 Å². The van der Waals surface area contributed by atoms with Crippen molar-refractivity contribution in [3.05, 3.63) is 52.6 Å². The van der Waals surface area contributed by atoms with E-state index in [0.29, 0.717) is 17.8 Å². The summed E-state index contributed by atoms with van der Waals surface area (Å²) in [6, 6.07) is 9.83. The Kier molecular flexibility index (Phi) is 3.13. The zero-order chi connectivity index (χ0) is 16.8. The van der Waals surface area contributed by atoms with Gasteiger partial charge >= 0.3 is 0 Å². The average Bonchev–Trinajstić information content (AvgIpc) is 3.02. The van der Waals surface area contributed by atoms with Crippen LogP contribution in [-0.2, 0) is 6.54 Å². The van der Waals surface area contributed by atoms with Crippen molar-refractivity contribution in [2.75, 3.05) is 5.73 Å². The molecule has 6 nitrogen and oxygen atoms in total. The summed E-state index contributed by atoms with van der Waals surface area (Å²) in [6.07, 6.45) is 1.89. The van der Waals surface area contributed by atoms with E-state index in [1.165, 1.54) is 0 Å². The van der Waals surface area contributed by atoms with Crippen LogP contribution in [-0.4, -0.2) is 19.5 Å². The number of H-pyrrole nitrogens is 1. The maximum Gasteiger partial charge on any atom is 0.260 e. The van der Waals surface area contributed by atoms with Crippen LogP contribution in [0.3, 0.4) is 0 Å². The van der Waals surface area contributed by atoms with Crippen LogP contribution in [0.25, 0.3) is 33.1 Å². The lowest BCUT2D eigenvalue weighted by atomic mass is 10.0. The highest BCUT2D eigenvalue weighted by Crippen LogP contribution is 2.25. The van der Waals surface area contributed by atoms with E-state index in [9.17, 15) is 4.79 Å². The smallest absolute Gasteiger partial charge is 0.260 e. The fourth-order valence-electron chi connectivity index (χ4n) is 3.13. The number of fused-ring (bicyclic) bond motifs is 2. The highest BCUT2D eigenvalue weighted by molar-refractivity contribution is 5.88. The Morgan fingerprint density at radius 3 is 2.83 bits per heavy atom. The van der Waals surface area contributed by atoms with Gasteiger partial charge in [0, 0.05) is 29.2 Å². The first-order chi connectivity index (χ1) is 11.6. The number of benzene rings is 1. The molecule has 0 bridgehead atoms. The molecule has 0 unspecified atom stereocenters. The zero-order valence-electron chi connectivity index (χ0n) is 13.5. The number of anilines is 1. The minimum absolute atomic E-state index is 0.0755. The second-order valence-electron chi connectivity index (χ2n) is 5.79. The molecule has 0 fully saturated rings. The molecule has 0 amide bonds. The molecule has 4 aromatic rings. The Morgan fingerprint density at radius 1 is 1.21 bits per heavy atom. The van der Waals surface area contributed by atoms with Crippen molar-refractivity contribution in [3.63, 3.8) is 0 Å². The van der Waals surface area contributed by atoms with E-state index in [2.05, 4.69) is 15.0 Å². The maximum absolute atomic E-state index is 13.0. The number of aryl methyl sites for hydroxylation is 2. The van der Waals surface area contributed by atoms with Gasteiger partial charge in [0.2, 0.25) is 5.95 Å². The number of hydrogen-bond acceptors (Lipinski definition) is 4. The van der Waals surface area contributed by atoms with Gasteiger partial charge in [-0.05, 0) is 43.0 Å². The number of pyridine rings is 1. The van der Waals surface area contributed by atoms with Crippen LogP contribution in [0, 0.1) is 6.92 Å². The van der Waals surface area contributed by atoms with Gasteiger partial charge in [0.25, 0.3) is 5.56 Å². The van der Waals surface area contributed by atoms with E-state index in [0.717, 1.165) is 27.5 Å². The number of nitrogens with one attached hydrogen (secondary N) is 1. The zero-order valence-corrected chi connectivity index (χ0v) is 13.5. The monoisotopic (exact) mass is 319 g/mol. The number of nitrogens with zero attached hydrogens (tertiary/aromatic N) is 3. The molecule has 0 aliphatic heterocycles. The maximum atomic E-state index is 13.0. The summed E-state index contributed by atoms with van der Waals surface area (Å²) in [5.74, 6) is 0.183. The molecule has 0 saturated heterocycles. The van der Waals surface area contributed by atoms with Gasteiger partial charge in [-0.1, -0.05) is 12.1 Å². The molecule has 3 N–H and O–H groups in total. The van der Waals surface area contributed by atoms with Crippen molar-refractivity contribution in [1.29, 1.82) is 0 Å². The summed E-state index contributed by atoms with van der Waals surface area (Å²) in [4.78, 5) is 24.6. The van der Waals surface area contributed by atoms with Gasteiger partial charge in [-0.15, -0.1) is 0 Å². The number of aromatic amines is 1. The summed E-state index contributed by atoms with van der Waals surface area (Å²) < 4.78 is 1.65. The number of nitrogen functional groups attached to an aromatic ring is 1. The highest BCUT2D eigenvalue weighted by atomic mass is 16.1. The first-order valence-electron chi connectivity index (χ1n) is 7.83. The molecular weight excluding hydrogens is 302 g/mol. The molecule has 6 heteroatoms. The van der Waals surface area contributed by atoms with Crippen molar-refractivity contribution in [1.82, 2.24) is 19.5 Å². The lowest BCUT2D eigenvalue weighted by Crippen LogP contribution is -2.23. The van der Waals surface area contributed by atoms with Crippen molar-refractivity contribution in [3.8, 4) is 11.1 Å². The molecule has 3 aromatic heterocycles. The third-order valence-corrected chi connectivity index (χ3v) is 4.34. The summed E-state index contributed by atoms with van der Waals surface area (Å²) in [6.45, 7) is 4.32. The Hall–Kier alpha value is -3.15. The first-order valence-corrected chi connectivity index (χ1v) is 7.83. The van der Waals surface area contributed by atoms with Crippen molar-refractivity contribution in [2.45, 2.75) is 20.4 Å². The SMILES string of the molecule is CCn1c(=O)c(-c2ccc3cc[nH]c3c2)cc2c(C)nc(N)nc21. The van der Waals surface area contributed by atoms with Crippen LogP contribution in [0.5, 0.6) is 0 Å². The molecule has 0 aliphatic rings. The van der Waals surface area contributed by atoms with E-state index < -0.39 is 0 Å². The highest BCUT2D eigenvalue weighted by Gasteiger charge is 2.14. The second-order valence-corrected chi connectivity index (χ2v) is 5.79. The third-order valence-electron chi connectivity index (χ3n) is 4.34. The molecule has 3 heterocycles. The van der Waals surface area contributed by atoms with Gasteiger partial charge < -0.3 is 10.7 Å². The predicted molar refractivity (Wildman–Crippen MR) is 95.9 cm³/mol. The van der Waals surface area contributed by atoms with Crippen LogP contribution in [0.4, 0.5) is 5.95 Å². The molecule has 0 spiro atoms. The molecule has 1 aromatic carbocycles. The van der Waals surface area contributed by atoms with Gasteiger partial charge in [-0.3, -0.25) is 9.36 Å². The van der Waals surface area contributed by atoms with Crippen LogP contribution in [0.2, 0.25) is 0 Å². The molecule has 0 atom stereocenters. The van der Waals surface area contributed by atoms with Gasteiger partial charge in [0.15, 0.2) is 0 Å². The number of hydrogen-bond donors (Lipinski definition) is 2. The Balaban J connectivity index is 2.08. The predicted octanol–water partition coefficient (Wildman–Crippen LogP) is 2.85. The third kappa shape index (κ3) is 2.07. The molecule has 4 rings (SSSR count). The quantitative estimate of drug-likeness (QED) is 0.594. The molecule has 24 heavy (non-hydrogen) atoms. The van der Waals surface area contributed by atoms with E-state index in [1.54, 1.807) is 4.57 Å². The van der Waals surface area contributed by atoms with Crippen LogP contribution in [0.15, 0.2) is 41.3 Å². The van der Waals surface area contributed by atoms with Crippen molar-refractivity contribution >= 4 is 27.9 Å². The lowest BCUT2D eigenvalue weighted by Gasteiger charge is -2.12. The Morgan fingerprint density at radius 2 is 2.04 bits per heavy atom. The number of nitrogens with two attached hydrogens (primary N) is 1. The molecule has 120 valence electrons. The van der Waals surface area contributed by atoms with E-state index in [4.69, 9.17) is 5.73 Å². The molecule has 0 aliphatic carbocycles. The summed E-state index contributed by atoms with van der Waals surface area (Å²) in [5, 5.41) is 1.95. The Bertz CT molecular complexity index is 1140. The van der Waals surface area contributed by atoms with Gasteiger partial charge in [0.05, 0.1) is 5.69 Å². The van der Waals surface area contributed by atoms with E-state index in [-0.39, 0.29) is 11.5 Å². The van der Waals surface area contributed by atoms with Gasteiger partial charge in [0.1, 0.15) is 5.65 Å². The largest absolute Gasteiger partial charge is 0.368 e. The van der Waals surface area contributed by atoms with Crippen LogP contribution >= 0.6 is 0 Å². The summed E-state index contributed by atoms with van der Waals surface area (Å²) in [5.41, 5.74) is 9.53. The minimum atomic E-state index is -0.0755. The summed E-state index contributed by atoms with van der Waals surface area (Å²) >= 11 is 0. The van der Waals surface area contributed by atoms with Crippen LogP contribution in [0.1, 0.15) is 12.6 Å². The topological polar surface area (TPSA) is 89.6 Å². The summed E-state index contributed by atoms with van der Waals surface area (Å²) in [7, 11) is 0. The van der Waals surface area contributed by atoms with Gasteiger partial charge in [-0.25, -0.2) is 4.98 Å². The Labute approximate surface area is 138 Å². The minimum Gasteiger partial charge on any atom is -0.368 e. The van der Waals surface area contributed by atoms with Crippen LogP contribution < -0.4 is 11.3 Å². The number of aromatic nitrogens is 4. The molecular formula is C18H17N5O. The average molecular weight is 319 g/mol.